The molecule has 0 spiro atoms. The first-order valence-electron chi connectivity index (χ1n) is 4.41. The Morgan fingerprint density at radius 2 is 2.00 bits per heavy atom. The van der Waals surface area contributed by atoms with Gasteiger partial charge in [-0.2, -0.15) is 12.6 Å². The molecule has 0 amide bonds. The summed E-state index contributed by atoms with van der Waals surface area (Å²) in [5.74, 6) is 0.620. The molecule has 0 fully saturated rings. The lowest BCUT2D eigenvalue weighted by Crippen LogP contribution is -2.20. The molecule has 1 aromatic rings. The maximum absolute atomic E-state index is 9.65. The molecule has 1 rings (SSSR count). The number of thiol groups is 1. The average Bonchev–Trinajstić information content (AvgIpc) is 2.21. The van der Waals surface area contributed by atoms with Crippen molar-refractivity contribution < 1.29 is 10.2 Å². The van der Waals surface area contributed by atoms with E-state index < -0.39 is 12.2 Å². The number of nitrogen functional groups attached to an aromatic ring is 2. The van der Waals surface area contributed by atoms with Gasteiger partial charge in [0.2, 0.25) is 0 Å². The molecule has 84 valence electrons. The number of aliphatic hydroxyl groups excluding tert-OH is 2. The molecule has 0 saturated carbocycles. The van der Waals surface area contributed by atoms with Gasteiger partial charge < -0.3 is 21.7 Å². The van der Waals surface area contributed by atoms with Gasteiger partial charge in [-0.1, -0.05) is 0 Å². The Bertz CT molecular complexity index is 336. The highest BCUT2D eigenvalue weighted by molar-refractivity contribution is 7.80. The highest BCUT2D eigenvalue weighted by atomic mass is 32.1. The monoisotopic (exact) mass is 230 g/mol. The van der Waals surface area contributed by atoms with Crippen LogP contribution in [0.15, 0.2) is 6.20 Å². The summed E-state index contributed by atoms with van der Waals surface area (Å²) in [6.45, 7) is 0. The summed E-state index contributed by atoms with van der Waals surface area (Å²) in [6.07, 6.45) is -0.402. The lowest BCUT2D eigenvalue weighted by Gasteiger charge is -2.16. The second kappa shape index (κ2) is 5.15. The number of aliphatic hydroxyl groups is 2. The molecule has 2 atom stereocenters. The number of hydrogen-bond acceptors (Lipinski definition) is 7. The first-order chi connectivity index (χ1) is 7.06. The van der Waals surface area contributed by atoms with Crippen LogP contribution >= 0.6 is 12.6 Å². The lowest BCUT2D eigenvalue weighted by molar-refractivity contribution is 0.0146. The maximum atomic E-state index is 9.65. The molecule has 0 aliphatic carbocycles. The van der Waals surface area contributed by atoms with E-state index in [-0.39, 0.29) is 17.3 Å². The summed E-state index contributed by atoms with van der Waals surface area (Å²) in [4.78, 5) is 7.57. The van der Waals surface area contributed by atoms with Gasteiger partial charge >= 0.3 is 0 Å². The SMILES string of the molecule is Nc1ncc(C(O)C(O)CCS)nc1N. The molecule has 1 aromatic heterocycles. The Morgan fingerprint density at radius 3 is 2.53 bits per heavy atom. The van der Waals surface area contributed by atoms with Gasteiger partial charge in [-0.05, 0) is 12.2 Å². The van der Waals surface area contributed by atoms with Crippen molar-refractivity contribution in [2.45, 2.75) is 18.6 Å². The fourth-order valence-electron chi connectivity index (χ4n) is 1.06. The van der Waals surface area contributed by atoms with E-state index in [0.29, 0.717) is 12.2 Å². The van der Waals surface area contributed by atoms with E-state index in [1.807, 2.05) is 0 Å². The largest absolute Gasteiger partial charge is 0.390 e. The van der Waals surface area contributed by atoms with Crippen LogP contribution in [0, 0.1) is 0 Å². The topological polar surface area (TPSA) is 118 Å². The Kier molecular flexibility index (Phi) is 4.13. The first-order valence-corrected chi connectivity index (χ1v) is 5.04. The molecular formula is C8H14N4O2S. The van der Waals surface area contributed by atoms with E-state index >= 15 is 0 Å². The van der Waals surface area contributed by atoms with Crippen LogP contribution in [0.3, 0.4) is 0 Å². The Labute approximate surface area is 92.8 Å². The van der Waals surface area contributed by atoms with E-state index in [1.54, 1.807) is 0 Å². The molecule has 0 aliphatic heterocycles. The van der Waals surface area contributed by atoms with Crippen molar-refractivity contribution in [3.63, 3.8) is 0 Å². The van der Waals surface area contributed by atoms with Crippen LogP contribution in [-0.4, -0.2) is 32.0 Å². The van der Waals surface area contributed by atoms with Gasteiger partial charge in [0, 0.05) is 0 Å². The standard InChI is InChI=1S/C8H14N4O2S/c9-7-8(10)12-4(3-11-7)6(14)5(13)1-2-15/h3,5-6,13-15H,1-2H2,(H2,9,11)(H2,10,12). The third-order valence-corrected chi connectivity index (χ3v) is 2.20. The lowest BCUT2D eigenvalue weighted by atomic mass is 10.1. The number of rotatable bonds is 4. The number of nitrogens with zero attached hydrogens (tertiary/aromatic N) is 2. The number of aromatic nitrogens is 2. The van der Waals surface area contributed by atoms with Gasteiger partial charge in [0.15, 0.2) is 11.6 Å². The smallest absolute Gasteiger partial charge is 0.166 e. The molecular weight excluding hydrogens is 216 g/mol. The van der Waals surface area contributed by atoms with Crippen molar-refractivity contribution in [2.75, 3.05) is 17.2 Å². The predicted molar refractivity (Wildman–Crippen MR) is 60.3 cm³/mol. The first kappa shape index (κ1) is 12.0. The van der Waals surface area contributed by atoms with Crippen LogP contribution in [0.1, 0.15) is 18.2 Å². The minimum Gasteiger partial charge on any atom is -0.390 e. The van der Waals surface area contributed by atoms with Crippen molar-refractivity contribution in [2.24, 2.45) is 0 Å². The maximum Gasteiger partial charge on any atom is 0.166 e. The zero-order valence-corrected chi connectivity index (χ0v) is 8.93. The molecule has 2 unspecified atom stereocenters. The fraction of sp³-hybridized carbons (Fsp3) is 0.500. The van der Waals surface area contributed by atoms with Gasteiger partial charge in [0.25, 0.3) is 0 Å². The third-order valence-electron chi connectivity index (χ3n) is 1.94. The molecule has 7 heteroatoms. The zero-order valence-electron chi connectivity index (χ0n) is 8.04. The van der Waals surface area contributed by atoms with Gasteiger partial charge in [-0.3, -0.25) is 0 Å². The third kappa shape index (κ3) is 2.95. The minimum absolute atomic E-state index is 0.0459. The summed E-state index contributed by atoms with van der Waals surface area (Å²) in [5, 5.41) is 19.1. The van der Waals surface area contributed by atoms with Crippen LogP contribution in [0.4, 0.5) is 11.6 Å². The summed E-state index contributed by atoms with van der Waals surface area (Å²) < 4.78 is 0. The average molecular weight is 230 g/mol. The van der Waals surface area contributed by atoms with Crippen molar-refractivity contribution >= 4 is 24.3 Å². The molecule has 1 heterocycles. The highest BCUT2D eigenvalue weighted by Gasteiger charge is 2.19. The molecule has 0 aromatic carbocycles. The zero-order chi connectivity index (χ0) is 11.4. The van der Waals surface area contributed by atoms with Crippen molar-refractivity contribution in [3.8, 4) is 0 Å². The second-order valence-electron chi connectivity index (χ2n) is 3.09. The molecule has 0 bridgehead atoms. The number of hydrogen-bond donors (Lipinski definition) is 5. The summed E-state index contributed by atoms with van der Waals surface area (Å²) in [6, 6.07) is 0. The molecule has 0 aliphatic rings. The Morgan fingerprint density at radius 1 is 1.33 bits per heavy atom. The molecule has 6 N–H and O–H groups in total. The fourth-order valence-corrected chi connectivity index (χ4v) is 1.32. The van der Waals surface area contributed by atoms with Crippen molar-refractivity contribution in [1.82, 2.24) is 9.97 Å². The summed E-state index contributed by atoms with van der Waals surface area (Å²) >= 11 is 3.95. The van der Waals surface area contributed by atoms with Gasteiger partial charge in [-0.15, -0.1) is 0 Å². The quantitative estimate of drug-likeness (QED) is 0.439. The van der Waals surface area contributed by atoms with Crippen molar-refractivity contribution in [3.05, 3.63) is 11.9 Å². The Balaban J connectivity index is 2.81. The molecule has 0 radical (unpaired) electrons. The van der Waals surface area contributed by atoms with Crippen LogP contribution < -0.4 is 11.5 Å². The summed E-state index contributed by atoms with van der Waals surface area (Å²) in [5.41, 5.74) is 11.0. The van der Waals surface area contributed by atoms with Crippen molar-refractivity contribution in [1.29, 1.82) is 0 Å². The van der Waals surface area contributed by atoms with E-state index in [1.165, 1.54) is 6.20 Å². The minimum atomic E-state index is -1.12. The predicted octanol–water partition coefficient (Wildman–Crippen LogP) is -0.645. The van der Waals surface area contributed by atoms with Crippen LogP contribution in [0.25, 0.3) is 0 Å². The highest BCUT2D eigenvalue weighted by Crippen LogP contribution is 2.19. The van der Waals surface area contributed by atoms with Gasteiger partial charge in [0.1, 0.15) is 6.10 Å². The van der Waals surface area contributed by atoms with E-state index in [0.717, 1.165) is 0 Å². The van der Waals surface area contributed by atoms with Gasteiger partial charge in [0.05, 0.1) is 18.0 Å². The number of nitrogens with two attached hydrogens (primary N) is 2. The van der Waals surface area contributed by atoms with Gasteiger partial charge in [-0.25, -0.2) is 9.97 Å². The molecule has 0 saturated heterocycles. The second-order valence-corrected chi connectivity index (χ2v) is 3.54. The molecule has 6 nitrogen and oxygen atoms in total. The normalized spacial score (nSPS) is 14.9. The van der Waals surface area contributed by atoms with E-state index in [4.69, 9.17) is 11.5 Å². The van der Waals surface area contributed by atoms with E-state index in [9.17, 15) is 10.2 Å². The van der Waals surface area contributed by atoms with Crippen LogP contribution in [0.2, 0.25) is 0 Å². The van der Waals surface area contributed by atoms with E-state index in [2.05, 4.69) is 22.6 Å². The van der Waals surface area contributed by atoms with Crippen LogP contribution in [0.5, 0.6) is 0 Å². The Hall–Kier alpha value is -1.05. The van der Waals surface area contributed by atoms with Crippen LogP contribution in [-0.2, 0) is 0 Å². The summed E-state index contributed by atoms with van der Waals surface area (Å²) in [7, 11) is 0. The number of anilines is 2. The molecule has 15 heavy (non-hydrogen) atoms.